The van der Waals surface area contributed by atoms with Crippen LogP contribution in [0.1, 0.15) is 41.9 Å². The van der Waals surface area contributed by atoms with E-state index in [2.05, 4.69) is 53.4 Å². The molecule has 3 aliphatic heterocycles. The van der Waals surface area contributed by atoms with E-state index < -0.39 is 0 Å². The lowest BCUT2D eigenvalue weighted by Crippen LogP contribution is -2.49. The Morgan fingerprint density at radius 3 is 2.24 bits per heavy atom. The third-order valence-corrected chi connectivity index (χ3v) is 6.46. The minimum Gasteiger partial charge on any atom is -0.392 e. The zero-order valence-corrected chi connectivity index (χ0v) is 15.0. The first-order valence-corrected chi connectivity index (χ1v) is 9.80. The summed E-state index contributed by atoms with van der Waals surface area (Å²) in [5.41, 5.74) is 3.90. The van der Waals surface area contributed by atoms with Crippen LogP contribution in [0.15, 0.2) is 54.6 Å². The maximum absolute atomic E-state index is 9.63. The zero-order valence-electron chi connectivity index (χ0n) is 15.0. The van der Waals surface area contributed by atoms with Gasteiger partial charge in [0, 0.05) is 6.54 Å². The fourth-order valence-electron chi connectivity index (χ4n) is 5.06. The van der Waals surface area contributed by atoms with Crippen LogP contribution in [-0.2, 0) is 13.0 Å². The van der Waals surface area contributed by atoms with Crippen LogP contribution in [0.5, 0.6) is 0 Å². The summed E-state index contributed by atoms with van der Waals surface area (Å²) in [5, 5.41) is 9.63. The fraction of sp³-hybridized carbons (Fsp3) is 0.478. The van der Waals surface area contributed by atoms with Crippen molar-refractivity contribution in [2.24, 2.45) is 11.8 Å². The van der Waals surface area contributed by atoms with E-state index in [-0.39, 0.29) is 6.61 Å². The molecule has 2 atom stereocenters. The summed E-state index contributed by atoms with van der Waals surface area (Å²) in [6.45, 7) is 4.02. The summed E-state index contributed by atoms with van der Waals surface area (Å²) < 4.78 is 0. The first-order valence-electron chi connectivity index (χ1n) is 9.80. The molecule has 0 amide bonds. The molecular weight excluding hydrogens is 306 g/mol. The highest BCUT2D eigenvalue weighted by atomic mass is 16.3. The Morgan fingerprint density at radius 1 is 0.920 bits per heavy atom. The molecule has 0 aliphatic carbocycles. The van der Waals surface area contributed by atoms with Gasteiger partial charge in [-0.05, 0) is 73.2 Å². The van der Waals surface area contributed by atoms with E-state index in [0.29, 0.717) is 5.92 Å². The number of aliphatic hydroxyl groups excluding tert-OH is 1. The predicted octanol–water partition coefficient (Wildman–Crippen LogP) is 4.24. The predicted molar refractivity (Wildman–Crippen MR) is 103 cm³/mol. The van der Waals surface area contributed by atoms with Gasteiger partial charge in [-0.1, -0.05) is 54.6 Å². The Bertz CT molecular complexity index is 676. The maximum Gasteiger partial charge on any atom is 0.0684 e. The SMILES string of the molecule is OCc1ccccc1CCC(c1ccccc1)C1CN2CCC1CC2. The molecule has 2 aromatic carbocycles. The van der Waals surface area contributed by atoms with Gasteiger partial charge in [0.1, 0.15) is 0 Å². The van der Waals surface area contributed by atoms with Crippen LogP contribution in [0, 0.1) is 11.8 Å². The first kappa shape index (κ1) is 16.8. The molecule has 25 heavy (non-hydrogen) atoms. The van der Waals surface area contributed by atoms with E-state index in [0.717, 1.165) is 23.8 Å². The normalized spacial score (nSPS) is 26.5. The molecule has 2 unspecified atom stereocenters. The third-order valence-electron chi connectivity index (χ3n) is 6.46. The van der Waals surface area contributed by atoms with E-state index in [4.69, 9.17) is 0 Å². The van der Waals surface area contributed by atoms with Crippen molar-refractivity contribution in [3.63, 3.8) is 0 Å². The lowest BCUT2D eigenvalue weighted by molar-refractivity contribution is 0.0349. The lowest BCUT2D eigenvalue weighted by atomic mass is 9.69. The smallest absolute Gasteiger partial charge is 0.0684 e. The van der Waals surface area contributed by atoms with Crippen molar-refractivity contribution >= 4 is 0 Å². The Balaban J connectivity index is 1.56. The number of rotatable bonds is 6. The molecule has 2 bridgehead atoms. The Morgan fingerprint density at radius 2 is 1.60 bits per heavy atom. The molecule has 2 aromatic rings. The van der Waals surface area contributed by atoms with Crippen LogP contribution < -0.4 is 0 Å². The Hall–Kier alpha value is -1.64. The topological polar surface area (TPSA) is 23.5 Å². The minimum atomic E-state index is 0.145. The Kier molecular flexibility index (Phi) is 5.19. The highest BCUT2D eigenvalue weighted by Crippen LogP contribution is 2.43. The minimum absolute atomic E-state index is 0.145. The molecule has 132 valence electrons. The molecule has 3 heterocycles. The van der Waals surface area contributed by atoms with Crippen molar-refractivity contribution in [1.82, 2.24) is 4.90 Å². The van der Waals surface area contributed by atoms with Gasteiger partial charge in [-0.25, -0.2) is 0 Å². The van der Waals surface area contributed by atoms with Crippen molar-refractivity contribution in [1.29, 1.82) is 0 Å². The van der Waals surface area contributed by atoms with E-state index in [9.17, 15) is 5.11 Å². The number of aryl methyl sites for hydroxylation is 1. The van der Waals surface area contributed by atoms with Crippen molar-refractivity contribution in [2.45, 2.75) is 38.2 Å². The van der Waals surface area contributed by atoms with Gasteiger partial charge >= 0.3 is 0 Å². The number of aliphatic hydroxyl groups is 1. The molecule has 1 N–H and O–H groups in total. The number of nitrogens with zero attached hydrogens (tertiary/aromatic N) is 1. The summed E-state index contributed by atoms with van der Waals surface area (Å²) in [7, 11) is 0. The van der Waals surface area contributed by atoms with Gasteiger partial charge in [0.15, 0.2) is 0 Å². The summed E-state index contributed by atoms with van der Waals surface area (Å²) in [6.07, 6.45) is 4.98. The van der Waals surface area contributed by atoms with Crippen LogP contribution in [0.2, 0.25) is 0 Å². The molecule has 3 saturated heterocycles. The molecule has 3 aliphatic rings. The van der Waals surface area contributed by atoms with Crippen LogP contribution in [0.3, 0.4) is 0 Å². The highest BCUT2D eigenvalue weighted by molar-refractivity contribution is 5.28. The van der Waals surface area contributed by atoms with Gasteiger partial charge in [-0.3, -0.25) is 0 Å². The van der Waals surface area contributed by atoms with Gasteiger partial charge in [0.05, 0.1) is 6.61 Å². The zero-order chi connectivity index (χ0) is 17.1. The van der Waals surface area contributed by atoms with Gasteiger partial charge < -0.3 is 10.0 Å². The van der Waals surface area contributed by atoms with Crippen molar-refractivity contribution in [2.75, 3.05) is 19.6 Å². The first-order chi connectivity index (χ1) is 12.3. The van der Waals surface area contributed by atoms with E-state index in [1.54, 1.807) is 0 Å². The second-order valence-electron chi connectivity index (χ2n) is 7.78. The Labute approximate surface area is 151 Å². The van der Waals surface area contributed by atoms with Crippen molar-refractivity contribution in [3.8, 4) is 0 Å². The van der Waals surface area contributed by atoms with Crippen molar-refractivity contribution in [3.05, 3.63) is 71.3 Å². The fourth-order valence-corrected chi connectivity index (χ4v) is 5.06. The summed E-state index contributed by atoms with van der Waals surface area (Å²) >= 11 is 0. The molecule has 3 fully saturated rings. The number of fused-ring (bicyclic) bond motifs is 3. The molecule has 0 aromatic heterocycles. The summed E-state index contributed by atoms with van der Waals surface area (Å²) in [5.74, 6) is 2.30. The molecule has 0 saturated carbocycles. The molecule has 2 nitrogen and oxygen atoms in total. The number of benzene rings is 2. The van der Waals surface area contributed by atoms with Crippen LogP contribution in [-0.4, -0.2) is 29.6 Å². The second-order valence-corrected chi connectivity index (χ2v) is 7.78. The monoisotopic (exact) mass is 335 g/mol. The van der Waals surface area contributed by atoms with Crippen LogP contribution >= 0.6 is 0 Å². The maximum atomic E-state index is 9.63. The van der Waals surface area contributed by atoms with E-state index in [1.807, 2.05) is 6.07 Å². The van der Waals surface area contributed by atoms with Gasteiger partial charge in [-0.15, -0.1) is 0 Å². The molecule has 0 radical (unpaired) electrons. The summed E-state index contributed by atoms with van der Waals surface area (Å²) in [4.78, 5) is 2.67. The molecular formula is C23H29NO. The lowest BCUT2D eigenvalue weighted by Gasteiger charge is -2.48. The second kappa shape index (κ2) is 7.72. The average molecular weight is 335 g/mol. The van der Waals surface area contributed by atoms with Crippen LogP contribution in [0.4, 0.5) is 0 Å². The average Bonchev–Trinajstić information content (AvgIpc) is 2.70. The summed E-state index contributed by atoms with van der Waals surface area (Å²) in [6, 6.07) is 19.5. The van der Waals surface area contributed by atoms with Crippen LogP contribution in [0.25, 0.3) is 0 Å². The number of hydrogen-bond acceptors (Lipinski definition) is 2. The molecule has 5 rings (SSSR count). The highest BCUT2D eigenvalue weighted by Gasteiger charge is 2.38. The van der Waals surface area contributed by atoms with Gasteiger partial charge in [0.2, 0.25) is 0 Å². The standard InChI is InChI=1S/C23H29NO/c25-17-21-9-5-4-6-18(21)10-11-22(19-7-2-1-3-8-19)23-16-24-14-12-20(23)13-15-24/h1-9,20,22-23,25H,10-17H2. The van der Waals surface area contributed by atoms with Gasteiger partial charge in [-0.2, -0.15) is 0 Å². The number of hydrogen-bond donors (Lipinski definition) is 1. The van der Waals surface area contributed by atoms with E-state index >= 15 is 0 Å². The third kappa shape index (κ3) is 3.65. The molecule has 0 spiro atoms. The van der Waals surface area contributed by atoms with E-state index in [1.165, 1.54) is 50.0 Å². The van der Waals surface area contributed by atoms with Gasteiger partial charge in [0.25, 0.3) is 0 Å². The number of piperidine rings is 3. The largest absolute Gasteiger partial charge is 0.392 e. The van der Waals surface area contributed by atoms with Crippen molar-refractivity contribution < 1.29 is 5.11 Å². The quantitative estimate of drug-likeness (QED) is 0.853. The molecule has 2 heteroatoms.